The standard InChI is InChI=1S/C38H73NO5S/c1-3-5-7-9-11-13-15-17-18-19-20-22-23-25-27-29-31-33-37(40)36(35-45(42,43)44)39-38(41)34-32-30-28-26-24-21-16-14-12-10-8-6-4-2/h23,25,31,33,36-37,40H,3-22,24,26-30,32,34-35H2,1-2H3,(H,39,41)(H,42,43,44)/b25-23+,33-31+. The lowest BCUT2D eigenvalue weighted by atomic mass is 10.0. The number of hydrogen-bond acceptors (Lipinski definition) is 4. The third-order valence-corrected chi connectivity index (χ3v) is 9.41. The van der Waals surface area contributed by atoms with Crippen LogP contribution in [0.1, 0.15) is 194 Å². The minimum Gasteiger partial charge on any atom is -0.387 e. The van der Waals surface area contributed by atoms with Crippen LogP contribution >= 0.6 is 0 Å². The number of rotatable bonds is 34. The molecule has 0 aliphatic rings. The first-order valence-electron chi connectivity index (χ1n) is 19.0. The van der Waals surface area contributed by atoms with Crippen LogP contribution in [0, 0.1) is 0 Å². The summed E-state index contributed by atoms with van der Waals surface area (Å²) >= 11 is 0. The summed E-state index contributed by atoms with van der Waals surface area (Å²) in [5, 5.41) is 13.2. The number of aliphatic hydroxyl groups is 1. The van der Waals surface area contributed by atoms with E-state index in [1.165, 1.54) is 141 Å². The van der Waals surface area contributed by atoms with Gasteiger partial charge in [-0.15, -0.1) is 0 Å². The summed E-state index contributed by atoms with van der Waals surface area (Å²) in [6, 6.07) is -1.07. The van der Waals surface area contributed by atoms with Crippen molar-refractivity contribution in [1.29, 1.82) is 0 Å². The Morgan fingerprint density at radius 1 is 0.578 bits per heavy atom. The van der Waals surface area contributed by atoms with Crippen molar-refractivity contribution in [2.75, 3.05) is 5.75 Å². The molecule has 0 saturated heterocycles. The molecule has 0 heterocycles. The molecular formula is C38H73NO5S. The minimum absolute atomic E-state index is 0.287. The van der Waals surface area contributed by atoms with Crippen molar-refractivity contribution < 1.29 is 22.9 Å². The molecule has 0 aromatic carbocycles. The molecule has 0 rings (SSSR count). The second kappa shape index (κ2) is 32.7. The van der Waals surface area contributed by atoms with Gasteiger partial charge in [-0.25, -0.2) is 0 Å². The van der Waals surface area contributed by atoms with Crippen molar-refractivity contribution in [2.45, 2.75) is 206 Å². The quantitative estimate of drug-likeness (QED) is 0.0363. The SMILES string of the molecule is CCCCCCCCCCCCC/C=C/CC/C=C/C(O)C(CS(=O)(=O)O)NC(=O)CCCCCCCCCCCCCCC. The zero-order valence-electron chi connectivity index (χ0n) is 29.5. The minimum atomic E-state index is -4.34. The number of nitrogens with one attached hydrogen (secondary N) is 1. The molecule has 1 amide bonds. The molecule has 0 aromatic heterocycles. The summed E-state index contributed by atoms with van der Waals surface area (Å²) < 4.78 is 32.4. The Balaban J connectivity index is 4.00. The lowest BCUT2D eigenvalue weighted by Gasteiger charge is -2.21. The molecule has 0 aliphatic heterocycles. The average molecular weight is 656 g/mol. The van der Waals surface area contributed by atoms with E-state index in [0.29, 0.717) is 6.42 Å². The molecule has 2 unspecified atom stereocenters. The van der Waals surface area contributed by atoms with Crippen LogP contribution in [0.2, 0.25) is 0 Å². The monoisotopic (exact) mass is 656 g/mol. The van der Waals surface area contributed by atoms with E-state index in [1.54, 1.807) is 0 Å². The normalized spacial score (nSPS) is 13.6. The highest BCUT2D eigenvalue weighted by Crippen LogP contribution is 2.14. The Morgan fingerprint density at radius 3 is 1.40 bits per heavy atom. The van der Waals surface area contributed by atoms with Crippen molar-refractivity contribution in [2.24, 2.45) is 0 Å². The highest BCUT2D eigenvalue weighted by atomic mass is 32.2. The van der Waals surface area contributed by atoms with E-state index in [4.69, 9.17) is 0 Å². The van der Waals surface area contributed by atoms with Crippen molar-refractivity contribution >= 4 is 16.0 Å². The third kappa shape index (κ3) is 34.0. The average Bonchev–Trinajstić information content (AvgIpc) is 3.00. The number of carbonyl (C=O) groups is 1. The van der Waals surface area contributed by atoms with Gasteiger partial charge in [-0.05, 0) is 32.1 Å². The number of carbonyl (C=O) groups excluding carboxylic acids is 1. The van der Waals surface area contributed by atoms with E-state index in [2.05, 4.69) is 31.3 Å². The van der Waals surface area contributed by atoms with Crippen molar-refractivity contribution in [1.82, 2.24) is 5.32 Å². The highest BCUT2D eigenvalue weighted by Gasteiger charge is 2.24. The van der Waals surface area contributed by atoms with E-state index in [-0.39, 0.29) is 5.91 Å². The number of unbranched alkanes of at least 4 members (excludes halogenated alkanes) is 24. The van der Waals surface area contributed by atoms with Crippen LogP contribution in [0.5, 0.6) is 0 Å². The van der Waals surface area contributed by atoms with Crippen molar-refractivity contribution in [3.63, 3.8) is 0 Å². The van der Waals surface area contributed by atoms with Crippen LogP contribution in [0.3, 0.4) is 0 Å². The molecule has 266 valence electrons. The topological polar surface area (TPSA) is 104 Å². The van der Waals surface area contributed by atoms with E-state index < -0.39 is 28.0 Å². The largest absolute Gasteiger partial charge is 0.387 e. The maximum absolute atomic E-state index is 12.4. The first-order chi connectivity index (χ1) is 21.8. The van der Waals surface area contributed by atoms with Gasteiger partial charge in [-0.2, -0.15) is 8.42 Å². The molecule has 0 spiro atoms. The molecule has 0 bridgehead atoms. The van der Waals surface area contributed by atoms with Crippen molar-refractivity contribution in [3.8, 4) is 0 Å². The second-order valence-electron chi connectivity index (χ2n) is 13.2. The van der Waals surface area contributed by atoms with Crippen LogP contribution in [0.15, 0.2) is 24.3 Å². The lowest BCUT2D eigenvalue weighted by molar-refractivity contribution is -0.122. The summed E-state index contributed by atoms with van der Waals surface area (Å²) in [7, 11) is -4.34. The molecule has 2 atom stereocenters. The fourth-order valence-electron chi connectivity index (χ4n) is 5.76. The van der Waals surface area contributed by atoms with Crippen LogP contribution in [0.25, 0.3) is 0 Å². The number of allylic oxidation sites excluding steroid dienone is 3. The Labute approximate surface area is 279 Å². The molecule has 45 heavy (non-hydrogen) atoms. The lowest BCUT2D eigenvalue weighted by Crippen LogP contribution is -2.46. The van der Waals surface area contributed by atoms with Crippen LogP contribution in [-0.4, -0.2) is 41.9 Å². The molecule has 0 radical (unpaired) electrons. The summed E-state index contributed by atoms with van der Waals surface area (Å²) in [6.07, 6.45) is 40.2. The van der Waals surface area contributed by atoms with Crippen LogP contribution in [-0.2, 0) is 14.9 Å². The zero-order valence-corrected chi connectivity index (χ0v) is 30.3. The smallest absolute Gasteiger partial charge is 0.267 e. The van der Waals surface area contributed by atoms with Gasteiger partial charge in [0.2, 0.25) is 5.91 Å². The van der Waals surface area contributed by atoms with Gasteiger partial charge < -0.3 is 10.4 Å². The zero-order chi connectivity index (χ0) is 33.3. The van der Waals surface area contributed by atoms with Gasteiger partial charge in [0.05, 0.1) is 17.9 Å². The predicted molar refractivity (Wildman–Crippen MR) is 193 cm³/mol. The van der Waals surface area contributed by atoms with Crippen LogP contribution < -0.4 is 5.32 Å². The molecular weight excluding hydrogens is 582 g/mol. The van der Waals surface area contributed by atoms with Gasteiger partial charge in [0.15, 0.2) is 0 Å². The Hall–Kier alpha value is -1.18. The van der Waals surface area contributed by atoms with E-state index in [0.717, 1.165) is 38.5 Å². The third-order valence-electron chi connectivity index (χ3n) is 8.63. The molecule has 6 nitrogen and oxygen atoms in total. The molecule has 0 fully saturated rings. The molecule has 3 N–H and O–H groups in total. The Kier molecular flexibility index (Phi) is 31.9. The van der Waals surface area contributed by atoms with Gasteiger partial charge in [0.25, 0.3) is 10.1 Å². The fraction of sp³-hybridized carbons (Fsp3) is 0.868. The maximum atomic E-state index is 12.4. The molecule has 0 aromatic rings. The van der Waals surface area contributed by atoms with Gasteiger partial charge in [-0.1, -0.05) is 179 Å². The Bertz CT molecular complexity index is 811. The second-order valence-corrected chi connectivity index (χ2v) is 14.7. The van der Waals surface area contributed by atoms with Crippen molar-refractivity contribution in [3.05, 3.63) is 24.3 Å². The molecule has 7 heteroatoms. The summed E-state index contributed by atoms with van der Waals surface area (Å²) in [5.41, 5.74) is 0. The predicted octanol–water partition coefficient (Wildman–Crippen LogP) is 10.8. The molecule has 0 saturated carbocycles. The van der Waals surface area contributed by atoms with E-state index in [1.807, 2.05) is 6.08 Å². The van der Waals surface area contributed by atoms with E-state index >= 15 is 0 Å². The van der Waals surface area contributed by atoms with Gasteiger partial charge in [0, 0.05) is 6.42 Å². The Morgan fingerprint density at radius 2 is 0.956 bits per heavy atom. The highest BCUT2D eigenvalue weighted by molar-refractivity contribution is 7.85. The summed E-state index contributed by atoms with van der Waals surface area (Å²) in [4.78, 5) is 12.4. The summed E-state index contributed by atoms with van der Waals surface area (Å²) in [6.45, 7) is 4.51. The van der Waals surface area contributed by atoms with Gasteiger partial charge in [0.1, 0.15) is 0 Å². The van der Waals surface area contributed by atoms with Gasteiger partial charge in [-0.3, -0.25) is 9.35 Å². The number of hydrogen-bond donors (Lipinski definition) is 3. The van der Waals surface area contributed by atoms with Crippen LogP contribution in [0.4, 0.5) is 0 Å². The number of amides is 1. The molecule has 0 aliphatic carbocycles. The first-order valence-corrected chi connectivity index (χ1v) is 20.6. The van der Waals surface area contributed by atoms with Gasteiger partial charge >= 0.3 is 0 Å². The number of aliphatic hydroxyl groups excluding tert-OH is 1. The maximum Gasteiger partial charge on any atom is 0.267 e. The van der Waals surface area contributed by atoms with E-state index in [9.17, 15) is 22.9 Å². The fourth-order valence-corrected chi connectivity index (χ4v) is 6.49. The summed E-state index contributed by atoms with van der Waals surface area (Å²) in [5.74, 6) is -0.994. The first kappa shape index (κ1) is 43.8.